The van der Waals surface area contributed by atoms with Crippen molar-refractivity contribution in [2.45, 2.75) is 286 Å². The number of benzene rings is 6. The van der Waals surface area contributed by atoms with Gasteiger partial charge in [0.25, 0.3) is 0 Å². The second-order valence-electron chi connectivity index (χ2n) is 41.9. The number of azide groups is 1. The molecule has 6 aromatic carbocycles. The molecule has 770 valence electrons. The Morgan fingerprint density at radius 3 is 1.04 bits per heavy atom. The Morgan fingerprint density at radius 2 is 0.745 bits per heavy atom. The average Bonchev–Trinajstić information content (AvgIpc) is 1.63. The van der Waals surface area contributed by atoms with E-state index < -0.39 is 95.1 Å². The van der Waals surface area contributed by atoms with Gasteiger partial charge in [-0.2, -0.15) is 0 Å². The molecule has 5 N–H and O–H groups in total. The number of carbonyl (C=O) groups excluding carboxylic acids is 5. The fourth-order valence-electron chi connectivity index (χ4n) is 15.1. The molecule has 0 aliphatic carbocycles. The maximum Gasteiger partial charge on any atom is 0.413 e. The monoisotopic (exact) mass is 2170 g/mol. The Morgan fingerprint density at radius 1 is 0.454 bits per heavy atom. The molecule has 6 atom stereocenters. The highest BCUT2D eigenvalue weighted by atomic mass is 79.9. The highest BCUT2D eigenvalue weighted by Crippen LogP contribution is 2.47. The van der Waals surface area contributed by atoms with Crippen molar-refractivity contribution in [2.75, 3.05) is 45.4 Å². The van der Waals surface area contributed by atoms with E-state index in [1.807, 2.05) is 214 Å². The molecule has 5 fully saturated rings. The number of nitrogens with zero attached hydrogens (tertiary/aromatic N) is 17. The maximum absolute atomic E-state index is 13.0. The molecular formula is C97H131BrCl7N19O16Si. The molecule has 14 rings (SSSR count). The molecule has 44 heteroatoms. The molecule has 8 heterocycles. The highest BCUT2D eigenvalue weighted by Gasteiger charge is 2.52. The van der Waals surface area contributed by atoms with Crippen LogP contribution in [0.1, 0.15) is 243 Å². The van der Waals surface area contributed by atoms with Crippen molar-refractivity contribution in [1.82, 2.24) is 69.5 Å². The van der Waals surface area contributed by atoms with Crippen molar-refractivity contribution in [1.29, 1.82) is 0 Å². The summed E-state index contributed by atoms with van der Waals surface area (Å²) >= 11 is 40.3. The molecule has 0 spiro atoms. The molecule has 5 saturated heterocycles. The number of aliphatic hydroxyl groups is 1. The Balaban J connectivity index is 0.000000209. The van der Waals surface area contributed by atoms with Gasteiger partial charge in [-0.3, -0.25) is 24.5 Å². The predicted molar refractivity (Wildman–Crippen MR) is 553 cm³/mol. The normalized spacial score (nSPS) is 19.1. The minimum atomic E-state index is -1.60. The summed E-state index contributed by atoms with van der Waals surface area (Å²) in [6.45, 7) is 54.4. The van der Waals surface area contributed by atoms with Gasteiger partial charge in [0.1, 0.15) is 64.7 Å². The Hall–Kier alpha value is -9.35. The second kappa shape index (κ2) is 46.4. The van der Waals surface area contributed by atoms with Crippen molar-refractivity contribution < 1.29 is 76.4 Å². The van der Waals surface area contributed by atoms with E-state index in [-0.39, 0.29) is 55.3 Å². The number of hydrogen-bond donors (Lipinski definition) is 3. The van der Waals surface area contributed by atoms with Gasteiger partial charge >= 0.3 is 30.5 Å². The highest BCUT2D eigenvalue weighted by molar-refractivity contribution is 9.10. The second-order valence-corrected chi connectivity index (χ2v) is 50.2. The van der Waals surface area contributed by atoms with Crippen LogP contribution >= 0.6 is 97.9 Å². The van der Waals surface area contributed by atoms with Gasteiger partial charge in [-0.1, -0.05) is 146 Å². The van der Waals surface area contributed by atoms with Crippen LogP contribution in [-0.4, -0.2) is 209 Å². The molecule has 35 nitrogen and oxygen atoms in total. The summed E-state index contributed by atoms with van der Waals surface area (Å²) in [6, 6.07) is 30.7. The summed E-state index contributed by atoms with van der Waals surface area (Å²) in [6.07, 6.45) is 6.41. The summed E-state index contributed by atoms with van der Waals surface area (Å²) in [4.78, 5) is 74.5. The lowest BCUT2D eigenvalue weighted by atomic mass is 10.0. The number of ether oxygens (including phenoxy) is 10. The zero-order chi connectivity index (χ0) is 105. The molecule has 0 bridgehead atoms. The summed E-state index contributed by atoms with van der Waals surface area (Å²) in [5.74, 6) is 0. The third kappa shape index (κ3) is 31.1. The van der Waals surface area contributed by atoms with Crippen LogP contribution in [0.25, 0.3) is 27.5 Å². The number of anilines is 1. The van der Waals surface area contributed by atoms with Crippen molar-refractivity contribution in [3.05, 3.63) is 219 Å². The average molecular weight is 2180 g/mol. The van der Waals surface area contributed by atoms with E-state index in [0.29, 0.717) is 85.9 Å². The van der Waals surface area contributed by atoms with E-state index in [0.717, 1.165) is 48.9 Å². The number of carbonyl (C=O) groups is 5. The van der Waals surface area contributed by atoms with E-state index in [4.69, 9.17) is 139 Å². The number of halogens is 8. The van der Waals surface area contributed by atoms with Crippen molar-refractivity contribution in [3.63, 3.8) is 0 Å². The molecule has 9 aromatic rings. The molecule has 5 aliphatic heterocycles. The SMILES string of the molecule is CC(C)(C)OC(=O)N1[C@@H](c2ccc(Cl)c(-n3cc([Si](C)(C)C)nn3)c2)COC1(C)C.CC(C)(C)OC(=O)N1[C@@H](c2ccc(Cl)c(-n3ccnn3)c2)COC1(C)C.CC(C)(C)OC(=O)N1[C@@H](c2ccc(Cl)c(Br)c2)COC1(C)C.CC(C)(C)OC(=O)N1[C@@H](c2ccc(Cl)c(N)c2)COC1(C)C.CC(C)(C)OC(=O)N1[C@@H](c2ccc(Cl)c(N=[N+]=[N-])c2)COC1(C)C.Cl.N[C@H](CO)c1ccc(Cl)c(-n2ccnn2)c1. The summed E-state index contributed by atoms with van der Waals surface area (Å²) in [5.41, 5.74) is 21.5. The number of rotatable bonds is 12. The first-order valence-corrected chi connectivity index (χ1v) is 51.7. The number of nitrogen functional groups attached to an aromatic ring is 1. The minimum Gasteiger partial charge on any atom is -0.444 e. The van der Waals surface area contributed by atoms with Crippen LogP contribution in [0.4, 0.5) is 35.3 Å². The zero-order valence-electron chi connectivity index (χ0n) is 84.9. The summed E-state index contributed by atoms with van der Waals surface area (Å²) in [5, 5.41) is 40.7. The van der Waals surface area contributed by atoms with Crippen molar-refractivity contribution in [3.8, 4) is 17.1 Å². The fraction of sp³-hybridized carbons (Fsp3) is 0.515. The van der Waals surface area contributed by atoms with Gasteiger partial charge in [0.15, 0.2) is 0 Å². The Bertz CT molecular complexity index is 5790. The Labute approximate surface area is 870 Å². The smallest absolute Gasteiger partial charge is 0.413 e. The molecule has 0 saturated carbocycles. The quantitative estimate of drug-likeness (QED) is 0.0255. The molecule has 141 heavy (non-hydrogen) atoms. The van der Waals surface area contributed by atoms with Gasteiger partial charge in [-0.15, -0.1) is 27.7 Å². The molecular weight excluding hydrogens is 2040 g/mol. The van der Waals surface area contributed by atoms with Crippen LogP contribution in [0.15, 0.2) is 150 Å². The number of aliphatic hydroxyl groups excluding tert-OH is 1. The van der Waals surface area contributed by atoms with Crippen LogP contribution in [0.3, 0.4) is 0 Å². The first-order chi connectivity index (χ1) is 64.6. The number of nitrogens with two attached hydrogens (primary N) is 2. The van der Waals surface area contributed by atoms with Gasteiger partial charge in [0, 0.05) is 15.6 Å². The number of amides is 5. The molecule has 3 aromatic heterocycles. The third-order valence-corrected chi connectivity index (χ3v) is 26.4. The van der Waals surface area contributed by atoms with E-state index >= 15 is 0 Å². The van der Waals surface area contributed by atoms with Gasteiger partial charge in [0.05, 0.1) is 165 Å². The molecule has 0 radical (unpaired) electrons. The van der Waals surface area contributed by atoms with Gasteiger partial charge in [-0.05, 0) is 301 Å². The van der Waals surface area contributed by atoms with Crippen LogP contribution in [0, 0.1) is 0 Å². The largest absolute Gasteiger partial charge is 0.444 e. The summed E-state index contributed by atoms with van der Waals surface area (Å²) in [7, 11) is -1.60. The van der Waals surface area contributed by atoms with E-state index in [1.165, 1.54) is 0 Å². The Kier molecular flexibility index (Phi) is 38.4. The first kappa shape index (κ1) is 117. The lowest BCUT2D eigenvalue weighted by molar-refractivity contribution is -0.0637. The minimum absolute atomic E-state index is 0. The molecule has 0 unspecified atom stereocenters. The van der Waals surface area contributed by atoms with Gasteiger partial charge in [0.2, 0.25) is 0 Å². The molecule has 5 aliphatic rings. The lowest BCUT2D eigenvalue weighted by Gasteiger charge is -2.35. The van der Waals surface area contributed by atoms with Gasteiger partial charge in [-0.25, -0.2) is 38.0 Å². The third-order valence-electron chi connectivity index (χ3n) is 21.8. The number of aromatic nitrogens is 9. The zero-order valence-corrected chi connectivity index (χ0v) is 92.8. The molecule has 5 amide bonds. The topological polar surface area (TPSA) is 407 Å². The van der Waals surface area contributed by atoms with E-state index in [1.54, 1.807) is 138 Å². The van der Waals surface area contributed by atoms with E-state index in [2.05, 4.69) is 76.5 Å². The number of hydrogen-bond acceptors (Lipinski definition) is 25. The van der Waals surface area contributed by atoms with Crippen LogP contribution < -0.4 is 16.8 Å². The lowest BCUT2D eigenvalue weighted by Crippen LogP contribution is -2.47. The van der Waals surface area contributed by atoms with Crippen LogP contribution in [0.2, 0.25) is 49.8 Å². The fourth-order valence-corrected chi connectivity index (χ4v) is 17.4. The predicted octanol–water partition coefficient (Wildman–Crippen LogP) is 24.3. The van der Waals surface area contributed by atoms with Crippen molar-refractivity contribution >= 4 is 153 Å². The maximum atomic E-state index is 13.0. The first-order valence-electron chi connectivity index (χ1n) is 45.1. The van der Waals surface area contributed by atoms with Crippen molar-refractivity contribution in [2.24, 2.45) is 10.8 Å². The van der Waals surface area contributed by atoms with Gasteiger partial charge < -0.3 is 63.9 Å². The standard InChI is InChI=1S/C21H31ClN4O3Si.C18H23ClN4O3.C16H21BrClNO3.C16H21ClN4O3.C16H23ClN2O3.C10H11ClN4O.ClH/c1-20(2,3)29-19(27)26-17(13-28-21(26,4)5)14-9-10-15(22)16(11-14)25-12-18(23-24-25)30(6,7)8;1-17(2,3)26-16(24)23-15(11-25-18(23,4)5)12-6-7-13(19)14(10-12)22-9-8-20-21-22;1-15(2,3)22-14(20)19-13(9-21-16(19,4)5)10-6-7-12(18)11(17)8-10;1-15(2,3)24-14(22)21-13(9-23-16(21,4)5)10-6-7-11(17)12(8-10)19-20-18;1-15(2,3)22-14(20)19-13(9-21-16(19,4)5)10-6-7-11(17)12(18)8-10;11-8-2-1-7(9(12)6-16)5-10(8)15-4-3-13-14-15;/h9-12,17H,13H2,1-8H3;6-10,15H,11H2,1-5H3;6-8,13H,9H2,1-5H3;6-8,13H,9H2,1-5H3;6-8,13H,9,18H2,1-5H3;1-5,9,16H,6,12H2;1H/t17-;15-;3*13-;9-;/m111111./s1. The van der Waals surface area contributed by atoms with Crippen LogP contribution in [0.5, 0.6) is 0 Å². The summed E-state index contributed by atoms with van der Waals surface area (Å²) < 4.78 is 62.6. The van der Waals surface area contributed by atoms with E-state index in [9.17, 15) is 24.0 Å². The van der Waals surface area contributed by atoms with Crippen LogP contribution in [-0.2, 0) is 47.4 Å².